The number of carboxylic acid groups (broad SMARTS) is 1. The van der Waals surface area contributed by atoms with Gasteiger partial charge >= 0.3 is 5.97 Å². The summed E-state index contributed by atoms with van der Waals surface area (Å²) in [5, 5.41) is 12.0. The van der Waals surface area contributed by atoms with Crippen molar-refractivity contribution in [1.29, 1.82) is 0 Å². The lowest BCUT2D eigenvalue weighted by Crippen LogP contribution is -2.39. The van der Waals surface area contributed by atoms with E-state index < -0.39 is 5.97 Å². The van der Waals surface area contributed by atoms with Crippen LogP contribution in [0.25, 0.3) is 0 Å². The van der Waals surface area contributed by atoms with Crippen molar-refractivity contribution in [1.82, 2.24) is 5.32 Å². The summed E-state index contributed by atoms with van der Waals surface area (Å²) < 4.78 is 0. The van der Waals surface area contributed by atoms with Crippen molar-refractivity contribution in [2.45, 2.75) is 39.2 Å². The molecule has 1 unspecified atom stereocenters. The Morgan fingerprint density at radius 3 is 2.54 bits per heavy atom. The first kappa shape index (κ1) is 10.5. The number of hydrogen-bond donors (Lipinski definition) is 2. The molecule has 1 fully saturated rings. The third kappa shape index (κ3) is 3.77. The predicted octanol–water partition coefficient (Wildman–Crippen LogP) is 1.49. The van der Waals surface area contributed by atoms with Crippen molar-refractivity contribution < 1.29 is 9.90 Å². The van der Waals surface area contributed by atoms with E-state index in [4.69, 9.17) is 5.11 Å². The van der Waals surface area contributed by atoms with Crippen LogP contribution in [0.3, 0.4) is 0 Å². The maximum atomic E-state index is 10.8. The first-order valence-corrected chi connectivity index (χ1v) is 5.07. The van der Waals surface area contributed by atoms with E-state index in [1.54, 1.807) is 0 Å². The molecular weight excluding hydrogens is 166 g/mol. The number of hydrogen-bond acceptors (Lipinski definition) is 2. The standard InChI is InChI=1S/C10H19NO2/c1-7(2)5-6-11-9(10(12)13)8-3-4-8/h7-9,11H,3-6H2,1-2H3,(H,12,13). The summed E-state index contributed by atoms with van der Waals surface area (Å²) in [6.07, 6.45) is 3.20. The molecule has 1 saturated carbocycles. The van der Waals surface area contributed by atoms with Gasteiger partial charge in [0.1, 0.15) is 6.04 Å². The minimum Gasteiger partial charge on any atom is -0.480 e. The molecule has 0 bridgehead atoms. The van der Waals surface area contributed by atoms with E-state index in [1.165, 1.54) is 0 Å². The zero-order valence-corrected chi connectivity index (χ0v) is 8.42. The summed E-state index contributed by atoms with van der Waals surface area (Å²) in [6, 6.07) is -0.293. The first-order chi connectivity index (χ1) is 6.11. The fourth-order valence-corrected chi connectivity index (χ4v) is 1.41. The molecule has 0 amide bonds. The number of nitrogens with one attached hydrogen (secondary N) is 1. The Morgan fingerprint density at radius 2 is 2.15 bits per heavy atom. The van der Waals surface area contributed by atoms with Crippen molar-refractivity contribution >= 4 is 5.97 Å². The van der Waals surface area contributed by atoms with Crippen LogP contribution < -0.4 is 5.32 Å². The molecule has 0 spiro atoms. The van der Waals surface area contributed by atoms with Crippen LogP contribution in [0.15, 0.2) is 0 Å². The zero-order valence-electron chi connectivity index (χ0n) is 8.42. The highest BCUT2D eigenvalue weighted by Gasteiger charge is 2.35. The lowest BCUT2D eigenvalue weighted by Gasteiger charge is -2.14. The second-order valence-corrected chi connectivity index (χ2v) is 4.29. The summed E-state index contributed by atoms with van der Waals surface area (Å²) >= 11 is 0. The Labute approximate surface area is 79.5 Å². The summed E-state index contributed by atoms with van der Waals surface area (Å²) in [6.45, 7) is 5.12. The molecule has 0 aromatic rings. The van der Waals surface area contributed by atoms with Crippen molar-refractivity contribution in [2.24, 2.45) is 11.8 Å². The molecular formula is C10H19NO2. The van der Waals surface area contributed by atoms with E-state index >= 15 is 0 Å². The fourth-order valence-electron chi connectivity index (χ4n) is 1.41. The Hall–Kier alpha value is -0.570. The molecule has 0 aromatic heterocycles. The topological polar surface area (TPSA) is 49.3 Å². The van der Waals surface area contributed by atoms with E-state index in [2.05, 4.69) is 19.2 Å². The average Bonchev–Trinajstić information content (AvgIpc) is 2.79. The molecule has 1 aliphatic carbocycles. The highest BCUT2D eigenvalue weighted by Crippen LogP contribution is 2.32. The molecule has 0 heterocycles. The molecule has 2 N–H and O–H groups in total. The quantitative estimate of drug-likeness (QED) is 0.659. The van der Waals surface area contributed by atoms with Gasteiger partial charge in [0, 0.05) is 0 Å². The van der Waals surface area contributed by atoms with Crippen LogP contribution in [-0.4, -0.2) is 23.7 Å². The van der Waals surface area contributed by atoms with Gasteiger partial charge in [-0.05, 0) is 37.6 Å². The summed E-state index contributed by atoms with van der Waals surface area (Å²) in [5.74, 6) is 0.345. The minimum absolute atomic E-state index is 0.293. The van der Waals surface area contributed by atoms with Crippen LogP contribution in [0, 0.1) is 11.8 Å². The fraction of sp³-hybridized carbons (Fsp3) is 0.900. The molecule has 3 nitrogen and oxygen atoms in total. The molecule has 13 heavy (non-hydrogen) atoms. The van der Waals surface area contributed by atoms with Gasteiger partial charge in [-0.1, -0.05) is 13.8 Å². The van der Waals surface area contributed by atoms with E-state index in [0.717, 1.165) is 25.8 Å². The van der Waals surface area contributed by atoms with E-state index in [-0.39, 0.29) is 6.04 Å². The normalized spacial score (nSPS) is 19.0. The molecule has 0 saturated heterocycles. The second kappa shape index (κ2) is 4.61. The van der Waals surface area contributed by atoms with Gasteiger partial charge in [-0.25, -0.2) is 0 Å². The Kier molecular flexibility index (Phi) is 3.72. The molecule has 0 aliphatic heterocycles. The van der Waals surface area contributed by atoms with Crippen molar-refractivity contribution in [3.63, 3.8) is 0 Å². The van der Waals surface area contributed by atoms with E-state index in [0.29, 0.717) is 11.8 Å². The van der Waals surface area contributed by atoms with Crippen LogP contribution in [0.1, 0.15) is 33.1 Å². The number of aliphatic carboxylic acids is 1. The van der Waals surface area contributed by atoms with Crippen molar-refractivity contribution in [2.75, 3.05) is 6.54 Å². The Balaban J connectivity index is 2.19. The van der Waals surface area contributed by atoms with E-state index in [9.17, 15) is 4.79 Å². The van der Waals surface area contributed by atoms with Gasteiger partial charge in [0.25, 0.3) is 0 Å². The summed E-state index contributed by atoms with van der Waals surface area (Å²) in [5.41, 5.74) is 0. The summed E-state index contributed by atoms with van der Waals surface area (Å²) in [4.78, 5) is 10.8. The van der Waals surface area contributed by atoms with Crippen LogP contribution in [-0.2, 0) is 4.79 Å². The first-order valence-electron chi connectivity index (χ1n) is 5.07. The monoisotopic (exact) mass is 185 g/mol. The average molecular weight is 185 g/mol. The van der Waals surface area contributed by atoms with E-state index in [1.807, 2.05) is 0 Å². The maximum absolute atomic E-state index is 10.8. The van der Waals surface area contributed by atoms with Gasteiger partial charge in [0.05, 0.1) is 0 Å². The third-order valence-electron chi connectivity index (χ3n) is 2.45. The zero-order chi connectivity index (χ0) is 9.84. The Bertz CT molecular complexity index is 176. The van der Waals surface area contributed by atoms with Crippen LogP contribution >= 0.6 is 0 Å². The van der Waals surface area contributed by atoms with Crippen molar-refractivity contribution in [3.8, 4) is 0 Å². The highest BCUT2D eigenvalue weighted by atomic mass is 16.4. The molecule has 1 rings (SSSR count). The number of carbonyl (C=O) groups is 1. The predicted molar refractivity (Wildman–Crippen MR) is 51.6 cm³/mol. The largest absolute Gasteiger partial charge is 0.480 e. The minimum atomic E-state index is -0.689. The molecule has 1 atom stereocenters. The maximum Gasteiger partial charge on any atom is 0.320 e. The van der Waals surface area contributed by atoms with Gasteiger partial charge in [-0.2, -0.15) is 0 Å². The lowest BCUT2D eigenvalue weighted by molar-refractivity contribution is -0.140. The lowest BCUT2D eigenvalue weighted by atomic mass is 10.1. The highest BCUT2D eigenvalue weighted by molar-refractivity contribution is 5.74. The van der Waals surface area contributed by atoms with Crippen LogP contribution in [0.2, 0.25) is 0 Å². The smallest absolute Gasteiger partial charge is 0.320 e. The molecule has 0 radical (unpaired) electrons. The van der Waals surface area contributed by atoms with Crippen LogP contribution in [0.4, 0.5) is 0 Å². The third-order valence-corrected chi connectivity index (χ3v) is 2.45. The van der Waals surface area contributed by atoms with Crippen LogP contribution in [0.5, 0.6) is 0 Å². The van der Waals surface area contributed by atoms with Gasteiger partial charge < -0.3 is 10.4 Å². The molecule has 0 aromatic carbocycles. The second-order valence-electron chi connectivity index (χ2n) is 4.29. The number of rotatable bonds is 6. The number of carboxylic acids is 1. The SMILES string of the molecule is CC(C)CCNC(C(=O)O)C1CC1. The molecule has 1 aliphatic rings. The van der Waals surface area contributed by atoms with Crippen molar-refractivity contribution in [3.05, 3.63) is 0 Å². The van der Waals surface area contributed by atoms with Gasteiger partial charge in [0.2, 0.25) is 0 Å². The van der Waals surface area contributed by atoms with Gasteiger partial charge in [-0.3, -0.25) is 4.79 Å². The summed E-state index contributed by atoms with van der Waals surface area (Å²) in [7, 11) is 0. The van der Waals surface area contributed by atoms with Gasteiger partial charge in [-0.15, -0.1) is 0 Å². The Morgan fingerprint density at radius 1 is 1.54 bits per heavy atom. The molecule has 76 valence electrons. The molecule has 3 heteroatoms. The van der Waals surface area contributed by atoms with Gasteiger partial charge in [0.15, 0.2) is 0 Å².